The maximum absolute atomic E-state index is 12.2. The summed E-state index contributed by atoms with van der Waals surface area (Å²) in [5, 5.41) is 5.69. The molecule has 3 amide bonds. The van der Waals surface area contributed by atoms with Gasteiger partial charge in [0.05, 0.1) is 6.04 Å². The molecule has 1 heterocycles. The molecular weight excluding hydrogens is 278 g/mol. The lowest BCUT2D eigenvalue weighted by molar-refractivity contribution is -0.117. The summed E-state index contributed by atoms with van der Waals surface area (Å²) in [6, 6.07) is 5.67. The Kier molecular flexibility index (Phi) is 5.06. The molecule has 0 unspecified atom stereocenters. The summed E-state index contributed by atoms with van der Waals surface area (Å²) in [5.74, 6) is 0.459. The van der Waals surface area contributed by atoms with Gasteiger partial charge < -0.3 is 15.5 Å². The first-order valence-corrected chi connectivity index (χ1v) is 7.78. The third kappa shape index (κ3) is 4.00. The molecule has 0 radical (unpaired) electrons. The molecule has 1 aliphatic rings. The number of nitrogens with zero attached hydrogens (tertiary/aromatic N) is 1. The van der Waals surface area contributed by atoms with E-state index in [1.807, 2.05) is 45.9 Å². The number of anilines is 1. The number of carbonyl (C=O) groups is 2. The molecule has 2 N–H and O–H groups in total. The van der Waals surface area contributed by atoms with E-state index in [2.05, 4.69) is 10.6 Å². The summed E-state index contributed by atoms with van der Waals surface area (Å²) in [6.07, 6.45) is 0.349. The van der Waals surface area contributed by atoms with Crippen molar-refractivity contribution in [2.45, 2.75) is 40.2 Å². The van der Waals surface area contributed by atoms with Crippen molar-refractivity contribution in [1.82, 2.24) is 10.6 Å². The van der Waals surface area contributed by atoms with Crippen molar-refractivity contribution in [2.75, 3.05) is 18.0 Å². The van der Waals surface area contributed by atoms with Crippen LogP contribution in [0.4, 0.5) is 10.5 Å². The van der Waals surface area contributed by atoms with Crippen LogP contribution in [0.2, 0.25) is 0 Å². The van der Waals surface area contributed by atoms with Crippen LogP contribution in [0.3, 0.4) is 0 Å². The molecule has 2 rings (SSSR count). The summed E-state index contributed by atoms with van der Waals surface area (Å²) in [7, 11) is 0. The largest absolute Gasteiger partial charge is 0.338 e. The number of urea groups is 1. The number of hydrogen-bond acceptors (Lipinski definition) is 2. The lowest BCUT2D eigenvalue weighted by Gasteiger charge is -2.18. The maximum Gasteiger partial charge on any atom is 0.315 e. The summed E-state index contributed by atoms with van der Waals surface area (Å²) in [4.78, 5) is 25.7. The minimum Gasteiger partial charge on any atom is -0.338 e. The number of nitrogens with one attached hydrogen (secondary N) is 2. The van der Waals surface area contributed by atoms with Gasteiger partial charge in [-0.3, -0.25) is 4.79 Å². The van der Waals surface area contributed by atoms with E-state index in [1.165, 1.54) is 5.56 Å². The number of benzene rings is 1. The van der Waals surface area contributed by atoms with Crippen molar-refractivity contribution in [3.05, 3.63) is 29.3 Å². The SMILES string of the molecule is Cc1ccc(N2C[C@H](NC(=O)NCC(C)C)CC2=O)cc1C. The number of hydrogen-bond donors (Lipinski definition) is 2. The Balaban J connectivity index is 1.95. The standard InChI is InChI=1S/C17H25N3O2/c1-11(2)9-18-17(22)19-14-8-16(21)20(10-14)15-6-5-12(3)13(4)7-15/h5-7,11,14H,8-10H2,1-4H3,(H2,18,19,22)/t14-/m1/s1. The second-order valence-corrected chi connectivity index (χ2v) is 6.42. The Morgan fingerprint density at radius 3 is 2.68 bits per heavy atom. The van der Waals surface area contributed by atoms with E-state index in [1.54, 1.807) is 4.90 Å². The van der Waals surface area contributed by atoms with Crippen molar-refractivity contribution in [2.24, 2.45) is 5.92 Å². The van der Waals surface area contributed by atoms with E-state index in [4.69, 9.17) is 0 Å². The molecule has 5 nitrogen and oxygen atoms in total. The van der Waals surface area contributed by atoms with Gasteiger partial charge in [0.15, 0.2) is 0 Å². The van der Waals surface area contributed by atoms with Gasteiger partial charge in [-0.25, -0.2) is 4.79 Å². The molecule has 22 heavy (non-hydrogen) atoms. The minimum absolute atomic E-state index is 0.0532. The zero-order valence-corrected chi connectivity index (χ0v) is 13.8. The van der Waals surface area contributed by atoms with Crippen LogP contribution in [0.1, 0.15) is 31.4 Å². The lowest BCUT2D eigenvalue weighted by atomic mass is 10.1. The molecule has 0 spiro atoms. The van der Waals surface area contributed by atoms with Crippen LogP contribution in [-0.2, 0) is 4.79 Å². The average Bonchev–Trinajstić information content (AvgIpc) is 2.80. The first kappa shape index (κ1) is 16.3. The van der Waals surface area contributed by atoms with Gasteiger partial charge in [0.2, 0.25) is 5.91 Å². The topological polar surface area (TPSA) is 61.4 Å². The molecule has 1 atom stereocenters. The van der Waals surface area contributed by atoms with Crippen LogP contribution >= 0.6 is 0 Å². The van der Waals surface area contributed by atoms with Crippen molar-refractivity contribution < 1.29 is 9.59 Å². The lowest BCUT2D eigenvalue weighted by Crippen LogP contribution is -2.44. The zero-order valence-electron chi connectivity index (χ0n) is 13.8. The highest BCUT2D eigenvalue weighted by atomic mass is 16.2. The van der Waals surface area contributed by atoms with Gasteiger partial charge in [0.1, 0.15) is 0 Å². The number of aryl methyl sites for hydroxylation is 2. The summed E-state index contributed by atoms with van der Waals surface area (Å²) >= 11 is 0. The normalized spacial score (nSPS) is 18.0. The third-order valence-electron chi connectivity index (χ3n) is 3.93. The van der Waals surface area contributed by atoms with Crippen LogP contribution < -0.4 is 15.5 Å². The second-order valence-electron chi connectivity index (χ2n) is 6.42. The zero-order chi connectivity index (χ0) is 16.3. The highest BCUT2D eigenvalue weighted by Gasteiger charge is 2.31. The molecule has 1 aromatic rings. The first-order valence-electron chi connectivity index (χ1n) is 7.78. The minimum atomic E-state index is -0.201. The van der Waals surface area contributed by atoms with Gasteiger partial charge in [-0.05, 0) is 43.0 Å². The van der Waals surface area contributed by atoms with E-state index in [-0.39, 0.29) is 18.0 Å². The highest BCUT2D eigenvalue weighted by Crippen LogP contribution is 2.24. The summed E-state index contributed by atoms with van der Waals surface area (Å²) < 4.78 is 0. The molecule has 1 aromatic carbocycles. The van der Waals surface area contributed by atoms with E-state index in [0.717, 1.165) is 11.3 Å². The van der Waals surface area contributed by atoms with Gasteiger partial charge >= 0.3 is 6.03 Å². The molecule has 0 saturated carbocycles. The van der Waals surface area contributed by atoms with Crippen molar-refractivity contribution in [1.29, 1.82) is 0 Å². The fourth-order valence-corrected chi connectivity index (χ4v) is 2.48. The van der Waals surface area contributed by atoms with Gasteiger partial charge in [0, 0.05) is 25.2 Å². The number of amides is 3. The molecule has 1 saturated heterocycles. The van der Waals surface area contributed by atoms with Gasteiger partial charge in [0.25, 0.3) is 0 Å². The van der Waals surface area contributed by atoms with Crippen LogP contribution in [0.5, 0.6) is 0 Å². The summed E-state index contributed by atoms with van der Waals surface area (Å²) in [6.45, 7) is 9.33. The van der Waals surface area contributed by atoms with Crippen LogP contribution in [-0.4, -0.2) is 31.1 Å². The molecule has 0 aromatic heterocycles. The van der Waals surface area contributed by atoms with Crippen LogP contribution in [0.15, 0.2) is 18.2 Å². The van der Waals surface area contributed by atoms with Crippen molar-refractivity contribution >= 4 is 17.6 Å². The Bertz CT molecular complexity index is 569. The molecule has 0 aliphatic carbocycles. The van der Waals surface area contributed by atoms with Gasteiger partial charge in [-0.1, -0.05) is 19.9 Å². The number of carbonyl (C=O) groups excluding carboxylic acids is 2. The first-order chi connectivity index (χ1) is 10.4. The van der Waals surface area contributed by atoms with E-state index >= 15 is 0 Å². The molecule has 5 heteroatoms. The number of rotatable bonds is 4. The predicted octanol–water partition coefficient (Wildman–Crippen LogP) is 2.36. The fourth-order valence-electron chi connectivity index (χ4n) is 2.48. The van der Waals surface area contributed by atoms with E-state index < -0.39 is 0 Å². The average molecular weight is 303 g/mol. The van der Waals surface area contributed by atoms with E-state index in [9.17, 15) is 9.59 Å². The maximum atomic E-state index is 12.2. The second kappa shape index (κ2) is 6.81. The third-order valence-corrected chi connectivity index (χ3v) is 3.93. The molecule has 1 fully saturated rings. The van der Waals surface area contributed by atoms with Gasteiger partial charge in [-0.2, -0.15) is 0 Å². The monoisotopic (exact) mass is 303 g/mol. The van der Waals surface area contributed by atoms with Crippen molar-refractivity contribution in [3.63, 3.8) is 0 Å². The highest BCUT2D eigenvalue weighted by molar-refractivity contribution is 5.96. The van der Waals surface area contributed by atoms with Crippen molar-refractivity contribution in [3.8, 4) is 0 Å². The Morgan fingerprint density at radius 1 is 1.32 bits per heavy atom. The molecule has 120 valence electrons. The molecule has 1 aliphatic heterocycles. The molecular formula is C17H25N3O2. The Labute approximate surface area is 132 Å². The van der Waals surface area contributed by atoms with E-state index in [0.29, 0.717) is 25.4 Å². The quantitative estimate of drug-likeness (QED) is 0.897. The summed E-state index contributed by atoms with van der Waals surface area (Å²) in [5.41, 5.74) is 3.27. The van der Waals surface area contributed by atoms with Crippen LogP contribution in [0.25, 0.3) is 0 Å². The van der Waals surface area contributed by atoms with Gasteiger partial charge in [-0.15, -0.1) is 0 Å². The Morgan fingerprint density at radius 2 is 2.05 bits per heavy atom. The molecule has 0 bridgehead atoms. The fraction of sp³-hybridized carbons (Fsp3) is 0.529. The smallest absolute Gasteiger partial charge is 0.315 e. The Hall–Kier alpha value is -2.04. The van der Waals surface area contributed by atoms with Crippen LogP contribution in [0, 0.1) is 19.8 Å². The predicted molar refractivity (Wildman–Crippen MR) is 88.0 cm³/mol.